The van der Waals surface area contributed by atoms with Crippen LogP contribution in [0.1, 0.15) is 0 Å². The van der Waals surface area contributed by atoms with Gasteiger partial charge in [0.25, 0.3) is 5.56 Å². The van der Waals surface area contributed by atoms with E-state index in [2.05, 4.69) is 15.4 Å². The van der Waals surface area contributed by atoms with Gasteiger partial charge >= 0.3 is 0 Å². The number of hydrogen-bond acceptors (Lipinski definition) is 6. The van der Waals surface area contributed by atoms with Crippen molar-refractivity contribution in [3.8, 4) is 17.2 Å². The molecule has 4 heterocycles. The number of carbonyl (C=O) groups is 1. The van der Waals surface area contributed by atoms with E-state index in [0.717, 1.165) is 0 Å². The van der Waals surface area contributed by atoms with Gasteiger partial charge in [0.05, 0.1) is 24.6 Å². The fourth-order valence-electron chi connectivity index (χ4n) is 3.49. The fraction of sp³-hybridized carbons (Fsp3) is 0.0909. The van der Waals surface area contributed by atoms with Crippen LogP contribution >= 0.6 is 0 Å². The van der Waals surface area contributed by atoms with Crippen molar-refractivity contribution in [2.45, 2.75) is 6.54 Å². The number of aromatic nitrogens is 4. The van der Waals surface area contributed by atoms with Crippen molar-refractivity contribution in [3.05, 3.63) is 77.4 Å². The molecule has 0 aliphatic heterocycles. The molecule has 0 bridgehead atoms. The van der Waals surface area contributed by atoms with Gasteiger partial charge in [-0.25, -0.2) is 9.50 Å². The zero-order valence-electron chi connectivity index (χ0n) is 16.5. The van der Waals surface area contributed by atoms with Gasteiger partial charge in [-0.1, -0.05) is 12.1 Å². The Labute approximate surface area is 175 Å². The summed E-state index contributed by atoms with van der Waals surface area (Å²) in [5.74, 6) is 0.698. The molecule has 0 radical (unpaired) electrons. The molecule has 1 N–H and O–H groups in total. The Morgan fingerprint density at radius 3 is 2.81 bits per heavy atom. The van der Waals surface area contributed by atoms with E-state index in [0.29, 0.717) is 39.6 Å². The van der Waals surface area contributed by atoms with Crippen LogP contribution in [0.5, 0.6) is 5.75 Å². The van der Waals surface area contributed by atoms with Crippen LogP contribution in [0, 0.1) is 0 Å². The van der Waals surface area contributed by atoms with Crippen molar-refractivity contribution in [2.24, 2.45) is 0 Å². The number of pyridine rings is 1. The Bertz CT molecular complexity index is 1470. The summed E-state index contributed by atoms with van der Waals surface area (Å²) in [6, 6.07) is 15.6. The highest BCUT2D eigenvalue weighted by Crippen LogP contribution is 2.24. The van der Waals surface area contributed by atoms with E-state index in [4.69, 9.17) is 9.15 Å². The monoisotopic (exact) mass is 415 g/mol. The number of ether oxygens (including phenoxy) is 1. The maximum absolute atomic E-state index is 13.3. The third-order valence-electron chi connectivity index (χ3n) is 4.89. The van der Waals surface area contributed by atoms with Crippen LogP contribution in [0.3, 0.4) is 0 Å². The average molecular weight is 415 g/mol. The molecule has 0 aliphatic rings. The topological polar surface area (TPSA) is 104 Å². The van der Waals surface area contributed by atoms with Crippen LogP contribution in [0.25, 0.3) is 28.1 Å². The average Bonchev–Trinajstić information content (AvgIpc) is 3.47. The Hall–Kier alpha value is -4.40. The van der Waals surface area contributed by atoms with E-state index < -0.39 is 0 Å². The second-order valence-electron chi connectivity index (χ2n) is 6.79. The van der Waals surface area contributed by atoms with Crippen LogP contribution < -0.4 is 15.6 Å². The molecule has 1 amide bonds. The summed E-state index contributed by atoms with van der Waals surface area (Å²) < 4.78 is 13.5. The van der Waals surface area contributed by atoms with Crippen molar-refractivity contribution in [1.29, 1.82) is 0 Å². The van der Waals surface area contributed by atoms with Crippen molar-refractivity contribution < 1.29 is 13.9 Å². The predicted molar refractivity (Wildman–Crippen MR) is 114 cm³/mol. The number of carbonyl (C=O) groups excluding carboxylic acids is 1. The number of furan rings is 1. The Balaban J connectivity index is 1.60. The van der Waals surface area contributed by atoms with Gasteiger partial charge in [0.15, 0.2) is 11.4 Å². The van der Waals surface area contributed by atoms with Gasteiger partial charge in [-0.3, -0.25) is 14.2 Å². The zero-order valence-corrected chi connectivity index (χ0v) is 16.5. The number of anilines is 1. The standard InChI is InChI=1S/C22H17N5O4/c1-30-18-8-3-2-6-14(18)24-20(28)13-26-16-7-4-10-23-21(16)27-17(22(26)29)12-15(25-27)19-9-5-11-31-19/h2-12H,13H2,1H3,(H,24,28). The SMILES string of the molecule is COc1ccccc1NC(=O)Cn1c(=O)c2cc(-c3ccco3)nn2c2ncccc21. The lowest BCUT2D eigenvalue weighted by atomic mass is 10.3. The van der Waals surface area contributed by atoms with Crippen LogP contribution in [-0.2, 0) is 11.3 Å². The van der Waals surface area contributed by atoms with E-state index in [1.807, 2.05) is 6.07 Å². The largest absolute Gasteiger partial charge is 0.495 e. The Kier molecular flexibility index (Phi) is 4.47. The number of fused-ring (bicyclic) bond motifs is 3. The normalized spacial score (nSPS) is 11.1. The number of amides is 1. The molecule has 1 aromatic carbocycles. The van der Waals surface area contributed by atoms with Crippen molar-refractivity contribution >= 4 is 28.3 Å². The molecule has 0 fully saturated rings. The molecule has 4 aromatic heterocycles. The van der Waals surface area contributed by atoms with E-state index >= 15 is 0 Å². The summed E-state index contributed by atoms with van der Waals surface area (Å²) in [6.45, 7) is -0.198. The van der Waals surface area contributed by atoms with Crippen LogP contribution in [0.4, 0.5) is 5.69 Å². The summed E-state index contributed by atoms with van der Waals surface area (Å²) >= 11 is 0. The molecule has 5 aromatic rings. The predicted octanol–water partition coefficient (Wildman–Crippen LogP) is 2.95. The first kappa shape index (κ1) is 18.6. The molecule has 31 heavy (non-hydrogen) atoms. The highest BCUT2D eigenvalue weighted by atomic mass is 16.5. The third-order valence-corrected chi connectivity index (χ3v) is 4.89. The lowest BCUT2D eigenvalue weighted by Gasteiger charge is -2.13. The number of benzene rings is 1. The lowest BCUT2D eigenvalue weighted by molar-refractivity contribution is -0.116. The molecule has 5 rings (SSSR count). The van der Waals surface area contributed by atoms with Gasteiger partial charge in [-0.05, 0) is 36.4 Å². The van der Waals surface area contributed by atoms with E-state index in [1.54, 1.807) is 54.7 Å². The molecular weight excluding hydrogens is 398 g/mol. The van der Waals surface area contributed by atoms with Gasteiger partial charge in [0, 0.05) is 12.3 Å². The van der Waals surface area contributed by atoms with Gasteiger partial charge < -0.3 is 14.5 Å². The second kappa shape index (κ2) is 7.45. The van der Waals surface area contributed by atoms with Crippen LogP contribution in [-0.4, -0.2) is 32.2 Å². The second-order valence-corrected chi connectivity index (χ2v) is 6.79. The lowest BCUT2D eigenvalue weighted by Crippen LogP contribution is -2.29. The minimum atomic E-state index is -0.369. The van der Waals surface area contributed by atoms with Crippen LogP contribution in [0.15, 0.2) is 76.3 Å². The van der Waals surface area contributed by atoms with Crippen LogP contribution in [0.2, 0.25) is 0 Å². The van der Waals surface area contributed by atoms with Gasteiger partial charge in [-0.15, -0.1) is 0 Å². The summed E-state index contributed by atoms with van der Waals surface area (Å²) in [4.78, 5) is 30.4. The first-order valence-corrected chi connectivity index (χ1v) is 9.50. The highest BCUT2D eigenvalue weighted by molar-refractivity contribution is 5.93. The summed E-state index contributed by atoms with van der Waals surface area (Å²) in [7, 11) is 1.53. The summed E-state index contributed by atoms with van der Waals surface area (Å²) in [5.41, 5.74) is 1.91. The molecule has 9 nitrogen and oxygen atoms in total. The molecule has 154 valence electrons. The summed E-state index contributed by atoms with van der Waals surface area (Å²) in [6.07, 6.45) is 3.15. The Morgan fingerprint density at radius 1 is 1.13 bits per heavy atom. The molecule has 0 aliphatic carbocycles. The number of para-hydroxylation sites is 2. The Morgan fingerprint density at radius 2 is 2.00 bits per heavy atom. The summed E-state index contributed by atoms with van der Waals surface area (Å²) in [5, 5.41) is 7.28. The minimum Gasteiger partial charge on any atom is -0.495 e. The van der Waals surface area contributed by atoms with Gasteiger partial charge in [0.1, 0.15) is 23.5 Å². The maximum Gasteiger partial charge on any atom is 0.277 e. The number of hydrogen-bond donors (Lipinski definition) is 1. The molecule has 0 saturated heterocycles. The third kappa shape index (κ3) is 3.21. The van der Waals surface area contributed by atoms with Gasteiger partial charge in [0.2, 0.25) is 5.91 Å². The first-order chi connectivity index (χ1) is 15.2. The fourth-order valence-corrected chi connectivity index (χ4v) is 3.49. The highest BCUT2D eigenvalue weighted by Gasteiger charge is 2.18. The number of nitrogens with one attached hydrogen (secondary N) is 1. The van der Waals surface area contributed by atoms with Gasteiger partial charge in [-0.2, -0.15) is 5.10 Å². The quantitative estimate of drug-likeness (QED) is 0.473. The van der Waals surface area contributed by atoms with Crippen molar-refractivity contribution in [3.63, 3.8) is 0 Å². The molecule has 0 saturated carbocycles. The molecule has 9 heteroatoms. The van der Waals surface area contributed by atoms with E-state index in [-0.39, 0.29) is 18.0 Å². The van der Waals surface area contributed by atoms with Crippen molar-refractivity contribution in [1.82, 2.24) is 19.2 Å². The number of methoxy groups -OCH3 is 1. The maximum atomic E-state index is 13.3. The minimum absolute atomic E-state index is 0.198. The number of rotatable bonds is 5. The number of nitrogens with zero attached hydrogens (tertiary/aromatic N) is 4. The molecular formula is C22H17N5O4. The molecule has 0 spiro atoms. The molecule has 0 unspecified atom stereocenters. The first-order valence-electron chi connectivity index (χ1n) is 9.50. The van der Waals surface area contributed by atoms with E-state index in [1.165, 1.54) is 22.5 Å². The zero-order chi connectivity index (χ0) is 21.4. The molecule has 0 atom stereocenters. The van der Waals surface area contributed by atoms with E-state index in [9.17, 15) is 9.59 Å². The smallest absolute Gasteiger partial charge is 0.277 e. The van der Waals surface area contributed by atoms with Crippen molar-refractivity contribution in [2.75, 3.05) is 12.4 Å².